The van der Waals surface area contributed by atoms with Crippen LogP contribution >= 0.6 is 0 Å². The molecule has 2 unspecified atom stereocenters. The Labute approximate surface area is 186 Å². The number of carbonyl (C=O) groups is 4. The molecule has 0 aromatic heterocycles. The van der Waals surface area contributed by atoms with E-state index in [1.165, 1.54) is 0 Å². The van der Waals surface area contributed by atoms with Crippen LogP contribution in [0.2, 0.25) is 0 Å². The fraction of sp³-hybridized carbons (Fsp3) is 0.826. The second-order valence-electron chi connectivity index (χ2n) is 9.51. The second kappa shape index (κ2) is 12.7. The van der Waals surface area contributed by atoms with E-state index in [-0.39, 0.29) is 30.1 Å². The largest absolute Gasteiger partial charge is 0.460 e. The van der Waals surface area contributed by atoms with Crippen molar-refractivity contribution < 1.29 is 23.9 Å². The topological polar surface area (TPSA) is 114 Å². The number of unbranched alkanes of at least 4 members (excludes halogenated alkanes) is 1. The molecule has 0 aromatic rings. The molecule has 1 aliphatic rings. The van der Waals surface area contributed by atoms with Gasteiger partial charge in [-0.25, -0.2) is 4.79 Å². The monoisotopic (exact) mass is 439 g/mol. The number of carbonyl (C=O) groups excluding carboxylic acids is 4. The summed E-state index contributed by atoms with van der Waals surface area (Å²) in [5, 5.41) is 8.15. The van der Waals surface area contributed by atoms with Gasteiger partial charge in [0, 0.05) is 0 Å². The molecule has 3 amide bonds. The molecule has 0 aromatic carbocycles. The Morgan fingerprint density at radius 3 is 2.16 bits per heavy atom. The molecule has 1 saturated heterocycles. The lowest BCUT2D eigenvalue weighted by Gasteiger charge is -2.27. The van der Waals surface area contributed by atoms with Gasteiger partial charge in [-0.3, -0.25) is 14.4 Å². The lowest BCUT2D eigenvalue weighted by Crippen LogP contribution is -2.55. The molecule has 0 radical (unpaired) electrons. The van der Waals surface area contributed by atoms with Gasteiger partial charge in [0.05, 0.1) is 6.42 Å². The fourth-order valence-electron chi connectivity index (χ4n) is 3.60. The highest BCUT2D eigenvalue weighted by Crippen LogP contribution is 2.20. The third kappa shape index (κ3) is 8.87. The van der Waals surface area contributed by atoms with Gasteiger partial charge in [-0.05, 0) is 37.5 Å². The number of rotatable bonds is 7. The van der Waals surface area contributed by atoms with Crippen LogP contribution in [0.5, 0.6) is 0 Å². The van der Waals surface area contributed by atoms with Crippen molar-refractivity contribution in [2.75, 3.05) is 0 Å². The molecule has 8 heteroatoms. The Balaban J connectivity index is 3.25. The van der Waals surface area contributed by atoms with Gasteiger partial charge in [0.25, 0.3) is 0 Å². The van der Waals surface area contributed by atoms with Gasteiger partial charge in [0.15, 0.2) is 0 Å². The van der Waals surface area contributed by atoms with Crippen LogP contribution in [-0.4, -0.2) is 47.9 Å². The summed E-state index contributed by atoms with van der Waals surface area (Å²) in [5.74, 6) is -1.82. The smallest absolute Gasteiger partial charge is 0.328 e. The molecule has 31 heavy (non-hydrogen) atoms. The number of hydrogen-bond donors (Lipinski definition) is 3. The van der Waals surface area contributed by atoms with Crippen molar-refractivity contribution in [1.82, 2.24) is 16.0 Å². The van der Waals surface area contributed by atoms with Gasteiger partial charge in [0.1, 0.15) is 24.2 Å². The Hall–Kier alpha value is -2.12. The van der Waals surface area contributed by atoms with E-state index < -0.39 is 42.0 Å². The summed E-state index contributed by atoms with van der Waals surface area (Å²) in [5.41, 5.74) is 0. The summed E-state index contributed by atoms with van der Waals surface area (Å²) in [7, 11) is 0. The predicted octanol–water partition coefficient (Wildman–Crippen LogP) is 2.30. The number of ether oxygens (including phenoxy) is 1. The highest BCUT2D eigenvalue weighted by atomic mass is 16.5. The zero-order chi connectivity index (χ0) is 23.7. The standard InChI is InChI=1S/C23H41N3O5/c1-8-9-10-15(6)18-12-19(27)26-20(14(4)5)22(29)24-16(7)21(28)25-17(11-13(2)3)23(30)31-18/h13-18,20H,8-12H2,1-7H3,(H,24,29)(H,25,28)(H,26,27)/t15?,16-,17+,18?,20-/m0/s1. The molecule has 5 atom stereocenters. The van der Waals surface area contributed by atoms with Gasteiger partial charge in [-0.1, -0.05) is 54.4 Å². The zero-order valence-corrected chi connectivity index (χ0v) is 20.1. The van der Waals surface area contributed by atoms with Crippen LogP contribution in [0.15, 0.2) is 0 Å². The predicted molar refractivity (Wildman–Crippen MR) is 119 cm³/mol. The fourth-order valence-corrected chi connectivity index (χ4v) is 3.60. The molecule has 0 aliphatic carbocycles. The molecule has 1 rings (SSSR count). The summed E-state index contributed by atoms with van der Waals surface area (Å²) in [6, 6.07) is -2.47. The number of esters is 1. The summed E-state index contributed by atoms with van der Waals surface area (Å²) < 4.78 is 5.79. The molecule has 8 nitrogen and oxygen atoms in total. The van der Waals surface area contributed by atoms with Crippen molar-refractivity contribution >= 4 is 23.7 Å². The van der Waals surface area contributed by atoms with Gasteiger partial charge in [0.2, 0.25) is 17.7 Å². The first-order chi connectivity index (χ1) is 14.5. The van der Waals surface area contributed by atoms with Crippen molar-refractivity contribution in [2.24, 2.45) is 17.8 Å². The quantitative estimate of drug-likeness (QED) is 0.527. The van der Waals surface area contributed by atoms with Crippen molar-refractivity contribution in [1.29, 1.82) is 0 Å². The van der Waals surface area contributed by atoms with E-state index in [9.17, 15) is 19.2 Å². The van der Waals surface area contributed by atoms with E-state index in [0.29, 0.717) is 6.42 Å². The molecule has 0 bridgehead atoms. The van der Waals surface area contributed by atoms with Crippen LogP contribution in [0.25, 0.3) is 0 Å². The first kappa shape index (κ1) is 26.9. The number of hydrogen-bond acceptors (Lipinski definition) is 5. The highest BCUT2D eigenvalue weighted by molar-refractivity contribution is 5.93. The molecule has 1 aliphatic heterocycles. The van der Waals surface area contributed by atoms with E-state index in [1.54, 1.807) is 6.92 Å². The van der Waals surface area contributed by atoms with Gasteiger partial charge < -0.3 is 20.7 Å². The molecule has 1 heterocycles. The Kier molecular flexibility index (Phi) is 11.0. The van der Waals surface area contributed by atoms with Crippen LogP contribution in [0.1, 0.15) is 80.6 Å². The summed E-state index contributed by atoms with van der Waals surface area (Å²) >= 11 is 0. The van der Waals surface area contributed by atoms with Crippen LogP contribution < -0.4 is 16.0 Å². The average molecular weight is 440 g/mol. The van der Waals surface area contributed by atoms with E-state index >= 15 is 0 Å². The maximum Gasteiger partial charge on any atom is 0.328 e. The molecule has 1 fully saturated rings. The van der Waals surface area contributed by atoms with Crippen molar-refractivity contribution in [2.45, 2.75) is 105 Å². The van der Waals surface area contributed by atoms with E-state index in [4.69, 9.17) is 4.74 Å². The molecular weight excluding hydrogens is 398 g/mol. The zero-order valence-electron chi connectivity index (χ0n) is 20.1. The van der Waals surface area contributed by atoms with Crippen molar-refractivity contribution in [3.05, 3.63) is 0 Å². The molecule has 3 N–H and O–H groups in total. The second-order valence-corrected chi connectivity index (χ2v) is 9.51. The maximum absolute atomic E-state index is 13.0. The number of amides is 3. The van der Waals surface area contributed by atoms with Crippen LogP contribution in [0.4, 0.5) is 0 Å². The van der Waals surface area contributed by atoms with Crippen LogP contribution in [0.3, 0.4) is 0 Å². The van der Waals surface area contributed by atoms with E-state index in [1.807, 2.05) is 34.6 Å². The van der Waals surface area contributed by atoms with Gasteiger partial charge in [-0.15, -0.1) is 0 Å². The number of cyclic esters (lactones) is 1. The minimum Gasteiger partial charge on any atom is -0.460 e. The van der Waals surface area contributed by atoms with Gasteiger partial charge in [-0.2, -0.15) is 0 Å². The summed E-state index contributed by atoms with van der Waals surface area (Å²) in [6.45, 7) is 13.2. The van der Waals surface area contributed by atoms with Crippen LogP contribution in [0, 0.1) is 17.8 Å². The normalized spacial score (nSPS) is 27.4. The third-order valence-electron chi connectivity index (χ3n) is 5.63. The third-order valence-corrected chi connectivity index (χ3v) is 5.63. The summed E-state index contributed by atoms with van der Waals surface area (Å²) in [6.07, 6.45) is 2.52. The molecule has 0 spiro atoms. The van der Waals surface area contributed by atoms with Crippen molar-refractivity contribution in [3.63, 3.8) is 0 Å². The first-order valence-electron chi connectivity index (χ1n) is 11.6. The molecule has 0 saturated carbocycles. The van der Waals surface area contributed by atoms with Crippen LogP contribution in [-0.2, 0) is 23.9 Å². The Morgan fingerprint density at radius 2 is 1.61 bits per heavy atom. The molecule has 178 valence electrons. The minimum absolute atomic E-state index is 0.0228. The van der Waals surface area contributed by atoms with Gasteiger partial charge >= 0.3 is 5.97 Å². The average Bonchev–Trinajstić information content (AvgIpc) is 2.67. The lowest BCUT2D eigenvalue weighted by molar-refractivity contribution is -0.157. The Bertz CT molecular complexity index is 635. The van der Waals surface area contributed by atoms with E-state index in [0.717, 1.165) is 19.3 Å². The minimum atomic E-state index is -0.854. The first-order valence-corrected chi connectivity index (χ1v) is 11.6. The lowest BCUT2D eigenvalue weighted by atomic mass is 9.94. The molecular formula is C23H41N3O5. The summed E-state index contributed by atoms with van der Waals surface area (Å²) in [4.78, 5) is 51.2. The Morgan fingerprint density at radius 1 is 0.968 bits per heavy atom. The highest BCUT2D eigenvalue weighted by Gasteiger charge is 2.34. The SMILES string of the molecule is CCCCC(C)C1CC(=O)N[C@@H](C(C)C)C(=O)N[C@@H](C)C(=O)N[C@H](CC(C)C)C(=O)O1. The maximum atomic E-state index is 13.0. The number of nitrogens with one attached hydrogen (secondary N) is 3. The van der Waals surface area contributed by atoms with Crippen molar-refractivity contribution in [3.8, 4) is 0 Å². The van der Waals surface area contributed by atoms with E-state index in [2.05, 4.69) is 22.9 Å².